The summed E-state index contributed by atoms with van der Waals surface area (Å²) in [5.74, 6) is 0.371. The van der Waals surface area contributed by atoms with Crippen molar-refractivity contribution in [2.45, 2.75) is 6.04 Å². The van der Waals surface area contributed by atoms with E-state index in [4.69, 9.17) is 4.74 Å². The zero-order valence-electron chi connectivity index (χ0n) is 14.1. The lowest BCUT2D eigenvalue weighted by atomic mass is 10.2. The number of benzene rings is 1. The number of aliphatic imine (C=N–C) groups is 1. The average molecular weight is 344 g/mol. The van der Waals surface area contributed by atoms with Gasteiger partial charge in [0.05, 0.1) is 14.2 Å². The Balaban J connectivity index is 1.75. The molecule has 1 atom stereocenters. The Bertz CT molecular complexity index is 799. The number of rotatable bonds is 4. The van der Waals surface area contributed by atoms with Crippen molar-refractivity contribution in [2.75, 3.05) is 33.1 Å². The molecule has 1 aromatic carbocycles. The SMILES string of the molecule is COc1ccc(NC(=O)C[N+]2=C3C(N=C2)C(=O)N(C)C(=O)N3C)cc1. The van der Waals surface area contributed by atoms with Gasteiger partial charge in [-0.05, 0) is 24.3 Å². The molecule has 9 heteroatoms. The topological polar surface area (TPSA) is 94.3 Å². The van der Waals surface area contributed by atoms with Crippen LogP contribution < -0.4 is 10.1 Å². The summed E-state index contributed by atoms with van der Waals surface area (Å²) in [7, 11) is 4.53. The van der Waals surface area contributed by atoms with Crippen LogP contribution in [0.1, 0.15) is 0 Å². The van der Waals surface area contributed by atoms with Gasteiger partial charge in [0.2, 0.25) is 6.34 Å². The van der Waals surface area contributed by atoms with Crippen LogP contribution in [-0.2, 0) is 9.59 Å². The maximum absolute atomic E-state index is 12.3. The summed E-state index contributed by atoms with van der Waals surface area (Å²) < 4.78 is 6.57. The Hall–Kier alpha value is -3.23. The monoisotopic (exact) mass is 344 g/mol. The highest BCUT2D eigenvalue weighted by atomic mass is 16.5. The van der Waals surface area contributed by atoms with Crippen LogP contribution >= 0.6 is 0 Å². The first-order valence-electron chi connectivity index (χ1n) is 7.58. The van der Waals surface area contributed by atoms with Crippen LogP contribution in [0.25, 0.3) is 0 Å². The summed E-state index contributed by atoms with van der Waals surface area (Å²) in [6.07, 6.45) is 1.41. The van der Waals surface area contributed by atoms with Crippen molar-refractivity contribution in [1.82, 2.24) is 9.80 Å². The second kappa shape index (κ2) is 6.34. The zero-order valence-corrected chi connectivity index (χ0v) is 14.1. The van der Waals surface area contributed by atoms with Gasteiger partial charge in [0, 0.05) is 12.7 Å². The number of carbonyl (C=O) groups is 3. The number of amides is 4. The standard InChI is InChI=1S/C16H17N5O4/c1-19-14-13(15(23)20(2)16(19)24)17-9-21(14)8-12(22)18-10-4-6-11(25-3)7-5-10/h4-7,9,13H,8H2,1-3H3/p+1. The number of fused-ring (bicyclic) bond motifs is 1. The average Bonchev–Trinajstić information content (AvgIpc) is 3.02. The molecule has 1 saturated heterocycles. The number of methoxy groups -OCH3 is 1. The first-order chi connectivity index (χ1) is 11.9. The highest BCUT2D eigenvalue weighted by Gasteiger charge is 2.50. The molecule has 2 aliphatic rings. The highest BCUT2D eigenvalue weighted by Crippen LogP contribution is 2.17. The molecule has 3 rings (SSSR count). The fraction of sp³-hybridized carbons (Fsp3) is 0.312. The number of hydrogen-bond acceptors (Lipinski definition) is 5. The molecule has 9 nitrogen and oxygen atoms in total. The Labute approximate surface area is 144 Å². The van der Waals surface area contributed by atoms with Crippen LogP contribution in [0.3, 0.4) is 0 Å². The third-order valence-corrected chi connectivity index (χ3v) is 4.06. The molecule has 0 radical (unpaired) electrons. The van der Waals surface area contributed by atoms with Crippen molar-refractivity contribution < 1.29 is 23.7 Å². The summed E-state index contributed by atoms with van der Waals surface area (Å²) in [5.41, 5.74) is 0.618. The van der Waals surface area contributed by atoms with Crippen molar-refractivity contribution in [1.29, 1.82) is 0 Å². The molecule has 1 aromatic rings. The number of hydrogen-bond donors (Lipinski definition) is 1. The number of nitrogens with one attached hydrogen (secondary N) is 1. The normalized spacial score (nSPS) is 19.4. The first-order valence-corrected chi connectivity index (χ1v) is 7.58. The summed E-state index contributed by atoms with van der Waals surface area (Å²) in [4.78, 5) is 43.0. The largest absolute Gasteiger partial charge is 0.497 e. The molecule has 1 fully saturated rings. The molecule has 1 N–H and O–H groups in total. The van der Waals surface area contributed by atoms with Crippen LogP contribution in [0.4, 0.5) is 10.5 Å². The van der Waals surface area contributed by atoms with Gasteiger partial charge in [0.1, 0.15) is 5.75 Å². The smallest absolute Gasteiger partial charge is 0.388 e. The number of nitrogens with zero attached hydrogens (tertiary/aromatic N) is 4. The minimum atomic E-state index is -0.790. The van der Waals surface area contributed by atoms with E-state index in [0.717, 1.165) is 4.90 Å². The summed E-state index contributed by atoms with van der Waals surface area (Å²) in [5, 5.41) is 2.75. The van der Waals surface area contributed by atoms with Crippen LogP contribution in [0.2, 0.25) is 0 Å². The van der Waals surface area contributed by atoms with Crippen molar-refractivity contribution >= 4 is 35.7 Å². The Morgan fingerprint density at radius 1 is 1.24 bits per heavy atom. The van der Waals surface area contributed by atoms with Crippen molar-refractivity contribution in [3.63, 3.8) is 0 Å². The van der Waals surface area contributed by atoms with E-state index in [1.54, 1.807) is 38.4 Å². The van der Waals surface area contributed by atoms with E-state index in [1.807, 2.05) is 0 Å². The summed E-state index contributed by atoms with van der Waals surface area (Å²) in [6.45, 7) is -0.0595. The zero-order chi connectivity index (χ0) is 18.1. The molecule has 0 spiro atoms. The van der Waals surface area contributed by atoms with Gasteiger partial charge in [-0.25, -0.2) is 14.3 Å². The van der Waals surface area contributed by atoms with E-state index < -0.39 is 18.0 Å². The van der Waals surface area contributed by atoms with E-state index in [0.29, 0.717) is 17.3 Å². The number of carbonyl (C=O) groups excluding carboxylic acids is 3. The lowest BCUT2D eigenvalue weighted by molar-refractivity contribution is -0.387. The Kier molecular flexibility index (Phi) is 4.22. The molecular weight excluding hydrogens is 326 g/mol. The fourth-order valence-electron chi connectivity index (χ4n) is 2.73. The van der Waals surface area contributed by atoms with Gasteiger partial charge < -0.3 is 10.1 Å². The predicted octanol–water partition coefficient (Wildman–Crippen LogP) is -0.0210. The quantitative estimate of drug-likeness (QED) is 0.777. The molecule has 2 heterocycles. The predicted molar refractivity (Wildman–Crippen MR) is 90.0 cm³/mol. The Morgan fingerprint density at radius 2 is 1.92 bits per heavy atom. The van der Waals surface area contributed by atoms with E-state index in [2.05, 4.69) is 10.3 Å². The van der Waals surface area contributed by atoms with Gasteiger partial charge in [0.25, 0.3) is 23.7 Å². The van der Waals surface area contributed by atoms with Crippen LogP contribution in [0.5, 0.6) is 5.75 Å². The molecule has 0 saturated carbocycles. The maximum atomic E-state index is 12.3. The summed E-state index contributed by atoms with van der Waals surface area (Å²) >= 11 is 0. The fourth-order valence-corrected chi connectivity index (χ4v) is 2.73. The number of ether oxygens (including phenoxy) is 1. The van der Waals surface area contributed by atoms with Gasteiger partial charge in [-0.3, -0.25) is 14.5 Å². The molecular formula is C16H18N5O4+. The number of anilines is 1. The lowest BCUT2D eigenvalue weighted by Gasteiger charge is -2.27. The van der Waals surface area contributed by atoms with Gasteiger partial charge in [-0.2, -0.15) is 0 Å². The third-order valence-electron chi connectivity index (χ3n) is 4.06. The molecule has 1 unspecified atom stereocenters. The number of likely N-dealkylation sites (N-methyl/N-ethyl adjacent to an activating group) is 2. The highest BCUT2D eigenvalue weighted by molar-refractivity contribution is 6.20. The van der Waals surface area contributed by atoms with E-state index >= 15 is 0 Å². The van der Waals surface area contributed by atoms with Crippen LogP contribution in [0, 0.1) is 0 Å². The van der Waals surface area contributed by atoms with E-state index in [9.17, 15) is 14.4 Å². The molecule has 0 bridgehead atoms. The van der Waals surface area contributed by atoms with Crippen molar-refractivity contribution in [3.05, 3.63) is 24.3 Å². The molecule has 2 aliphatic heterocycles. The van der Waals surface area contributed by atoms with Crippen molar-refractivity contribution in [2.24, 2.45) is 4.99 Å². The van der Waals surface area contributed by atoms with E-state index in [1.165, 1.54) is 22.9 Å². The molecule has 25 heavy (non-hydrogen) atoms. The third kappa shape index (κ3) is 2.95. The summed E-state index contributed by atoms with van der Waals surface area (Å²) in [6, 6.07) is 5.67. The second-order valence-electron chi connectivity index (χ2n) is 5.67. The lowest BCUT2D eigenvalue weighted by Crippen LogP contribution is -2.60. The first kappa shape index (κ1) is 16.6. The molecule has 0 aromatic heterocycles. The molecule has 130 valence electrons. The maximum Gasteiger partial charge on any atom is 0.388 e. The minimum absolute atomic E-state index is 0.0595. The number of imide groups is 1. The van der Waals surface area contributed by atoms with Gasteiger partial charge in [-0.15, -0.1) is 4.99 Å². The molecule has 4 amide bonds. The van der Waals surface area contributed by atoms with Crippen LogP contribution in [0.15, 0.2) is 29.3 Å². The minimum Gasteiger partial charge on any atom is -0.497 e. The number of amidine groups is 1. The van der Waals surface area contributed by atoms with Gasteiger partial charge in [-0.1, -0.05) is 0 Å². The molecule has 0 aliphatic carbocycles. The van der Waals surface area contributed by atoms with Crippen molar-refractivity contribution in [3.8, 4) is 5.75 Å². The van der Waals surface area contributed by atoms with Gasteiger partial charge >= 0.3 is 6.03 Å². The number of urea groups is 1. The van der Waals surface area contributed by atoms with Gasteiger partial charge in [0.15, 0.2) is 6.54 Å². The van der Waals surface area contributed by atoms with E-state index in [-0.39, 0.29) is 12.5 Å². The second-order valence-corrected chi connectivity index (χ2v) is 5.67. The van der Waals surface area contributed by atoms with Crippen LogP contribution in [-0.4, -0.2) is 78.2 Å². The Morgan fingerprint density at radius 3 is 2.56 bits per heavy atom.